The molecule has 2 aromatic heterocycles. The highest BCUT2D eigenvalue weighted by atomic mass is 79.9. The highest BCUT2D eigenvalue weighted by Crippen LogP contribution is 2.38. The van der Waals surface area contributed by atoms with Crippen LogP contribution in [0.2, 0.25) is 0 Å². The predicted octanol–water partition coefficient (Wildman–Crippen LogP) is 5.33. The Labute approximate surface area is 342 Å². The minimum Gasteiger partial charge on any atom is -0.463 e. The molecule has 0 bridgehead atoms. The summed E-state index contributed by atoms with van der Waals surface area (Å²) in [5.41, 5.74) is 1.14. The second-order valence-corrected chi connectivity index (χ2v) is 17.2. The van der Waals surface area contributed by atoms with Crippen molar-refractivity contribution >= 4 is 77.7 Å². The lowest BCUT2D eigenvalue weighted by molar-refractivity contribution is 0.0382. The molecule has 304 valence electrons. The molecule has 56 heavy (non-hydrogen) atoms. The van der Waals surface area contributed by atoms with E-state index in [1.54, 1.807) is 51.1 Å². The summed E-state index contributed by atoms with van der Waals surface area (Å²) >= 11 is 6.97. The van der Waals surface area contributed by atoms with Crippen molar-refractivity contribution in [3.8, 4) is 0 Å². The summed E-state index contributed by atoms with van der Waals surface area (Å²) in [6.07, 6.45) is -1.84. The van der Waals surface area contributed by atoms with Crippen LogP contribution in [0, 0.1) is 0 Å². The Hall–Kier alpha value is -3.94. The summed E-state index contributed by atoms with van der Waals surface area (Å²) in [5, 5.41) is 24.8. The number of amides is 2. The molecular weight excluding hydrogens is 856 g/mol. The molecule has 4 heterocycles. The van der Waals surface area contributed by atoms with Crippen LogP contribution in [0.15, 0.2) is 39.3 Å². The molecule has 0 spiro atoms. The molecule has 0 radical (unpaired) electrons. The van der Waals surface area contributed by atoms with Crippen LogP contribution >= 0.6 is 31.9 Å². The Balaban J connectivity index is 0.000000214. The second-order valence-electron chi connectivity index (χ2n) is 15.4. The average Bonchev–Trinajstić information content (AvgIpc) is 3.71. The van der Waals surface area contributed by atoms with Gasteiger partial charge in [0.1, 0.15) is 5.60 Å². The number of hydrogen-bond acceptors (Lipinski definition) is 11. The number of carbonyl (C=O) groups excluding carboxylic acids is 3. The van der Waals surface area contributed by atoms with Crippen LogP contribution < -0.4 is 10.6 Å². The molecule has 0 aliphatic carbocycles. The third-order valence-corrected chi connectivity index (χ3v) is 10.2. The normalized spacial score (nSPS) is 15.6. The van der Waals surface area contributed by atoms with Gasteiger partial charge in [0, 0.05) is 72.1 Å². The Morgan fingerprint density at radius 2 is 1.29 bits per heavy atom. The second kappa shape index (κ2) is 18.5. The number of benzene rings is 2. The van der Waals surface area contributed by atoms with Crippen LogP contribution in [-0.4, -0.2) is 143 Å². The average molecular weight is 907 g/mol. The fourth-order valence-corrected chi connectivity index (χ4v) is 7.69. The quantitative estimate of drug-likeness (QED) is 0.207. The van der Waals surface area contributed by atoms with Gasteiger partial charge in [0.25, 0.3) is 11.8 Å². The van der Waals surface area contributed by atoms with Crippen LogP contribution in [0.5, 0.6) is 0 Å². The number of ether oxygens (including phenoxy) is 3. The zero-order chi connectivity index (χ0) is 40.8. The van der Waals surface area contributed by atoms with Crippen molar-refractivity contribution in [3.63, 3.8) is 0 Å². The first-order valence-corrected chi connectivity index (χ1v) is 20.1. The van der Waals surface area contributed by atoms with Crippen LogP contribution in [-0.2, 0) is 19.6 Å². The molecule has 0 saturated carbocycles. The molecule has 2 saturated heterocycles. The monoisotopic (exact) mass is 904 g/mol. The van der Waals surface area contributed by atoms with Gasteiger partial charge in [-0.15, -0.1) is 0 Å². The molecule has 2 amide bonds. The predicted molar refractivity (Wildman–Crippen MR) is 218 cm³/mol. The molecule has 18 heteroatoms. The van der Waals surface area contributed by atoms with Gasteiger partial charge in [-0.1, -0.05) is 52.6 Å². The van der Waals surface area contributed by atoms with Crippen molar-refractivity contribution in [1.29, 1.82) is 0 Å². The minimum absolute atomic E-state index is 0.130. The van der Waals surface area contributed by atoms with Crippen molar-refractivity contribution in [1.82, 2.24) is 40.0 Å². The number of morpholine rings is 2. The number of carboxylic acid groups (broad SMARTS) is 1. The van der Waals surface area contributed by atoms with Gasteiger partial charge in [0.05, 0.1) is 37.5 Å². The maximum atomic E-state index is 12.9. The molecular formula is C38H50Br2N8O8. The third kappa shape index (κ3) is 10.9. The molecule has 2 aromatic carbocycles. The Kier molecular flexibility index (Phi) is 14.3. The summed E-state index contributed by atoms with van der Waals surface area (Å²) < 4.78 is 19.7. The Bertz CT molecular complexity index is 2060. The first-order chi connectivity index (χ1) is 26.4. The number of carbonyl (C=O) groups is 4. The van der Waals surface area contributed by atoms with Crippen LogP contribution in [0.4, 0.5) is 9.59 Å². The van der Waals surface area contributed by atoms with E-state index < -0.39 is 17.8 Å². The molecule has 6 rings (SSSR count). The van der Waals surface area contributed by atoms with E-state index in [9.17, 15) is 24.3 Å². The first-order valence-electron chi connectivity index (χ1n) is 18.5. The summed E-state index contributed by atoms with van der Waals surface area (Å²) in [5.74, 6) is -0.694. The number of rotatable bonds is 8. The number of fused-ring (bicyclic) bond motifs is 2. The molecule has 0 unspecified atom stereocenters. The number of hydrogen-bond donors (Lipinski definition) is 3. The highest BCUT2D eigenvalue weighted by molar-refractivity contribution is 9.10. The van der Waals surface area contributed by atoms with Gasteiger partial charge >= 0.3 is 12.2 Å². The van der Waals surface area contributed by atoms with E-state index in [0.717, 1.165) is 56.6 Å². The minimum atomic E-state index is -1.22. The first kappa shape index (κ1) is 43.2. The van der Waals surface area contributed by atoms with Gasteiger partial charge in [-0.2, -0.15) is 19.6 Å². The fourth-order valence-electron chi connectivity index (χ4n) is 6.40. The molecule has 2 fully saturated rings. The SMILES string of the molecule is CC(C)(C)OC(=O)n1nc(C(=O)NCCN2CCOCC2)c2cc(Br)ccc21.CC(C)(C)c1c(Br)ccc2c1c(C(=O)NCCN1CCOCC1)nn2C(=O)O. The topological polar surface area (TPSA) is 182 Å². The summed E-state index contributed by atoms with van der Waals surface area (Å²) in [4.78, 5) is 54.3. The molecule has 3 N–H and O–H groups in total. The van der Waals surface area contributed by atoms with E-state index in [0.29, 0.717) is 67.9 Å². The zero-order valence-electron chi connectivity index (χ0n) is 32.6. The largest absolute Gasteiger partial charge is 0.463 e. The van der Waals surface area contributed by atoms with E-state index in [4.69, 9.17) is 14.2 Å². The lowest BCUT2D eigenvalue weighted by Crippen LogP contribution is -2.41. The summed E-state index contributed by atoms with van der Waals surface area (Å²) in [7, 11) is 0. The van der Waals surface area contributed by atoms with E-state index in [1.807, 2.05) is 20.8 Å². The lowest BCUT2D eigenvalue weighted by Gasteiger charge is -2.26. The van der Waals surface area contributed by atoms with Gasteiger partial charge in [0.15, 0.2) is 11.4 Å². The van der Waals surface area contributed by atoms with Gasteiger partial charge in [-0.05, 0) is 62.1 Å². The van der Waals surface area contributed by atoms with Gasteiger partial charge in [-0.3, -0.25) is 19.4 Å². The van der Waals surface area contributed by atoms with Crippen molar-refractivity contribution in [3.05, 3.63) is 56.2 Å². The summed E-state index contributed by atoms with van der Waals surface area (Å²) in [6, 6.07) is 8.77. The standard InChI is InChI=1S/2C19H25BrN4O4/c1-19(2,3)28-18(26)24-15-5-4-13(20)12-14(15)16(22-24)17(25)21-6-7-23-8-10-27-11-9-23;1-19(2,3)15-12(20)4-5-13-14(15)16(22-24(13)18(26)27)17(25)21-6-7-23-8-10-28-11-9-23/h4-5,12H,6-11H2,1-3H3,(H,21,25);4-5H,6-11H2,1-3H3,(H,21,25)(H,26,27). The third-order valence-electron chi connectivity index (χ3n) is 9.00. The number of halogens is 2. The van der Waals surface area contributed by atoms with E-state index in [-0.39, 0.29) is 28.6 Å². The van der Waals surface area contributed by atoms with Crippen molar-refractivity contribution in [2.24, 2.45) is 0 Å². The van der Waals surface area contributed by atoms with E-state index in [2.05, 4.69) is 62.5 Å². The number of nitrogens with one attached hydrogen (secondary N) is 2. The van der Waals surface area contributed by atoms with Crippen LogP contribution in [0.3, 0.4) is 0 Å². The van der Waals surface area contributed by atoms with Crippen molar-refractivity contribution < 1.29 is 38.5 Å². The fraction of sp³-hybridized carbons (Fsp3) is 0.526. The Morgan fingerprint density at radius 3 is 1.80 bits per heavy atom. The van der Waals surface area contributed by atoms with Crippen LogP contribution in [0.1, 0.15) is 68.1 Å². The van der Waals surface area contributed by atoms with Gasteiger partial charge in [0.2, 0.25) is 0 Å². The molecule has 2 aliphatic rings. The smallest absolute Gasteiger partial charge is 0.435 e. The summed E-state index contributed by atoms with van der Waals surface area (Å²) in [6.45, 7) is 20.0. The molecule has 16 nitrogen and oxygen atoms in total. The lowest BCUT2D eigenvalue weighted by atomic mass is 9.84. The maximum absolute atomic E-state index is 12.9. The van der Waals surface area contributed by atoms with Crippen molar-refractivity contribution in [2.75, 3.05) is 78.8 Å². The van der Waals surface area contributed by atoms with Gasteiger partial charge in [-0.25, -0.2) is 9.59 Å². The van der Waals surface area contributed by atoms with Crippen LogP contribution in [0.25, 0.3) is 21.8 Å². The zero-order valence-corrected chi connectivity index (χ0v) is 35.8. The Morgan fingerprint density at radius 1 is 0.768 bits per heavy atom. The number of aromatic nitrogens is 4. The van der Waals surface area contributed by atoms with E-state index in [1.165, 1.54) is 0 Å². The molecule has 2 aliphatic heterocycles. The van der Waals surface area contributed by atoms with E-state index >= 15 is 0 Å². The number of nitrogens with zero attached hydrogens (tertiary/aromatic N) is 6. The van der Waals surface area contributed by atoms with Gasteiger partial charge < -0.3 is 30.0 Å². The molecule has 4 aromatic rings. The molecule has 0 atom stereocenters. The van der Waals surface area contributed by atoms with Crippen molar-refractivity contribution in [2.45, 2.75) is 52.6 Å². The maximum Gasteiger partial charge on any atom is 0.435 e. The highest BCUT2D eigenvalue weighted by Gasteiger charge is 2.29.